The summed E-state index contributed by atoms with van der Waals surface area (Å²) in [5.41, 5.74) is 7.54. The molecule has 0 bridgehead atoms. The first-order chi connectivity index (χ1) is 13.0. The Morgan fingerprint density at radius 2 is 1.70 bits per heavy atom. The first-order valence-corrected chi connectivity index (χ1v) is 17.2. The Hall–Kier alpha value is 0.380. The van der Waals surface area contributed by atoms with E-state index in [1.807, 2.05) is 0 Å². The molecule has 3 unspecified atom stereocenters. The summed E-state index contributed by atoms with van der Waals surface area (Å²) in [5.74, 6) is 3.48. The van der Waals surface area contributed by atoms with Crippen LogP contribution in [-0.4, -0.2) is 5.43 Å². The predicted molar refractivity (Wildman–Crippen MR) is 125 cm³/mol. The van der Waals surface area contributed by atoms with Crippen molar-refractivity contribution in [2.75, 3.05) is 0 Å². The van der Waals surface area contributed by atoms with Crippen LogP contribution in [0.5, 0.6) is 0 Å². The van der Waals surface area contributed by atoms with Gasteiger partial charge in [-0.05, 0) is 17.8 Å². The smallest absolute Gasteiger partial charge is 0.0630 e. The molecule has 30 heavy (non-hydrogen) atoms. The van der Waals surface area contributed by atoms with Gasteiger partial charge in [0.2, 0.25) is 0 Å². The van der Waals surface area contributed by atoms with Crippen molar-refractivity contribution in [2.45, 2.75) is 86.7 Å². The van der Waals surface area contributed by atoms with Crippen LogP contribution >= 0.6 is 0 Å². The Bertz CT molecular complexity index is 689. The molecule has 0 saturated heterocycles. The van der Waals surface area contributed by atoms with Gasteiger partial charge in [0, 0.05) is 0 Å². The van der Waals surface area contributed by atoms with E-state index < -0.39 is 0 Å². The van der Waals surface area contributed by atoms with Crippen LogP contribution in [0.2, 0.25) is 13.1 Å². The van der Waals surface area contributed by atoms with Gasteiger partial charge in [0.05, 0.1) is 0 Å². The van der Waals surface area contributed by atoms with Crippen molar-refractivity contribution < 1.29 is 48.1 Å². The van der Waals surface area contributed by atoms with E-state index >= 15 is 0 Å². The van der Waals surface area contributed by atoms with Crippen molar-refractivity contribution in [1.82, 2.24) is 0 Å². The Kier molecular flexibility index (Phi) is 17.4. The monoisotopic (exact) mass is 542 g/mol. The predicted octanol–water partition coefficient (Wildman–Crippen LogP) is 2.01. The van der Waals surface area contributed by atoms with E-state index in [0.29, 0.717) is 0 Å². The van der Waals surface area contributed by atoms with Crippen molar-refractivity contribution in [3.63, 3.8) is 0 Å². The average Bonchev–Trinajstić information content (AvgIpc) is 3.20. The zero-order valence-corrected chi connectivity index (χ0v) is 25.5. The summed E-state index contributed by atoms with van der Waals surface area (Å²) in [5, 5.41) is 0. The molecular formula is C26H42Cl2SiZr-2. The maximum Gasteiger partial charge on any atom is -0.0630 e. The molecule has 1 fully saturated rings. The van der Waals surface area contributed by atoms with Crippen LogP contribution in [0.4, 0.5) is 0 Å². The van der Waals surface area contributed by atoms with Gasteiger partial charge in [-0.3, -0.25) is 0 Å². The van der Waals surface area contributed by atoms with Crippen LogP contribution in [0, 0.1) is 45.4 Å². The van der Waals surface area contributed by atoms with Crippen molar-refractivity contribution in [2.24, 2.45) is 17.8 Å². The maximum absolute atomic E-state index is 2.41. The van der Waals surface area contributed by atoms with E-state index in [-0.39, 0.29) is 30.2 Å². The molecule has 0 heterocycles. The normalized spacial score (nSPS) is 20.1. The van der Waals surface area contributed by atoms with Crippen molar-refractivity contribution in [3.8, 4) is 0 Å². The third-order valence-electron chi connectivity index (χ3n) is 6.32. The molecule has 2 aromatic carbocycles. The van der Waals surface area contributed by atoms with Gasteiger partial charge >= 0.3 is 41.9 Å². The first kappa shape index (κ1) is 32.6. The van der Waals surface area contributed by atoms with Gasteiger partial charge in [0.1, 0.15) is 0 Å². The molecule has 170 valence electrons. The second-order valence-electron chi connectivity index (χ2n) is 9.41. The third-order valence-corrected chi connectivity index (χ3v) is 6.32. The Morgan fingerprint density at radius 1 is 1.13 bits per heavy atom. The molecule has 3 rings (SSSR count). The van der Waals surface area contributed by atoms with Gasteiger partial charge in [-0.1, -0.05) is 73.6 Å². The minimum Gasteiger partial charge on any atom is -1.00 e. The molecule has 0 aliphatic heterocycles. The Balaban J connectivity index is 0. The van der Waals surface area contributed by atoms with Crippen LogP contribution in [0.15, 0.2) is 30.3 Å². The van der Waals surface area contributed by atoms with E-state index in [1.54, 1.807) is 28.9 Å². The number of hydrogen-bond acceptors (Lipinski definition) is 0. The van der Waals surface area contributed by atoms with Gasteiger partial charge in [-0.25, -0.2) is 6.07 Å². The molecule has 0 aromatic heterocycles. The first-order valence-electron chi connectivity index (χ1n) is 11.0. The van der Waals surface area contributed by atoms with Crippen LogP contribution in [0.25, 0.3) is 0 Å². The SMILES string of the molecule is CC1CCC(C(C)C)C(c2cc[cH-]c2)C1.C[Si](C)=[Zr+2].Cc1c[c-](C)c(C)c1C.[Cl-].[Cl-]. The molecule has 1 aliphatic rings. The molecule has 4 heteroatoms. The zero-order valence-electron chi connectivity index (χ0n) is 20.6. The van der Waals surface area contributed by atoms with Crippen molar-refractivity contribution in [3.05, 3.63) is 58.1 Å². The van der Waals surface area contributed by atoms with Gasteiger partial charge in [0.25, 0.3) is 0 Å². The van der Waals surface area contributed by atoms with Crippen LogP contribution in [0.3, 0.4) is 0 Å². The molecule has 0 N–H and O–H groups in total. The van der Waals surface area contributed by atoms with Crippen molar-refractivity contribution in [1.29, 1.82) is 0 Å². The Labute approximate surface area is 214 Å². The molecule has 0 amide bonds. The molecular weight excluding hydrogens is 503 g/mol. The fourth-order valence-electron chi connectivity index (χ4n) is 4.35. The van der Waals surface area contributed by atoms with Gasteiger partial charge < -0.3 is 24.8 Å². The summed E-state index contributed by atoms with van der Waals surface area (Å²) in [6.07, 6.45) is 4.25. The average molecular weight is 545 g/mol. The molecule has 0 nitrogen and oxygen atoms in total. The summed E-state index contributed by atoms with van der Waals surface area (Å²) < 4.78 is 0. The Morgan fingerprint density at radius 3 is 2.03 bits per heavy atom. The van der Waals surface area contributed by atoms with E-state index in [2.05, 4.69) is 91.9 Å². The molecule has 1 aliphatic carbocycles. The van der Waals surface area contributed by atoms with Gasteiger partial charge in [0.15, 0.2) is 0 Å². The molecule has 1 saturated carbocycles. The van der Waals surface area contributed by atoms with Gasteiger partial charge in [-0.15, -0.1) is 0 Å². The van der Waals surface area contributed by atoms with E-state index in [1.165, 1.54) is 41.5 Å². The molecule has 3 atom stereocenters. The number of halogens is 2. The number of hydrogen-bond donors (Lipinski definition) is 0. The zero-order chi connectivity index (χ0) is 21.4. The minimum atomic E-state index is 0. The summed E-state index contributed by atoms with van der Waals surface area (Å²) in [6, 6.07) is 11.2. The molecule has 0 radical (unpaired) electrons. The summed E-state index contributed by atoms with van der Waals surface area (Å²) in [7, 11) is 0. The van der Waals surface area contributed by atoms with E-state index in [0.717, 1.165) is 23.7 Å². The van der Waals surface area contributed by atoms with E-state index in [4.69, 9.17) is 0 Å². The molecule has 0 spiro atoms. The van der Waals surface area contributed by atoms with Crippen LogP contribution in [-0.2, 0) is 23.3 Å². The summed E-state index contributed by atoms with van der Waals surface area (Å²) >= 11 is 1.74. The topological polar surface area (TPSA) is 0 Å². The summed E-state index contributed by atoms with van der Waals surface area (Å²) in [6.45, 7) is 20.5. The maximum atomic E-state index is 2.41. The fraction of sp³-hybridized carbons (Fsp3) is 0.615. The standard InChI is InChI=1S/C15H23.C9H13.C2H6Si.2ClH.Zr/c1-11(2)14-9-8-12(3)10-15(14)13-6-4-5-7-13;1-6-5-7(2)9(4)8(6)3;1-3-2;;;/h4-7,11-12,14-15H,8-10H2,1-3H3;5H,1-4H3;1-2H3;2*1H;/q2*-1;;;;+2/p-2. The quantitative estimate of drug-likeness (QED) is 0.401. The largest absolute Gasteiger partial charge is 1.00 e. The van der Waals surface area contributed by atoms with Gasteiger partial charge in [-0.2, -0.15) is 52.1 Å². The minimum absolute atomic E-state index is 0. The van der Waals surface area contributed by atoms with Crippen molar-refractivity contribution >= 4 is 5.43 Å². The second kappa shape index (κ2) is 16.1. The number of aryl methyl sites for hydroxylation is 2. The molecule has 2 aromatic rings. The van der Waals surface area contributed by atoms with Crippen LogP contribution in [0.1, 0.15) is 73.8 Å². The fourth-order valence-corrected chi connectivity index (χ4v) is 4.35. The van der Waals surface area contributed by atoms with E-state index in [9.17, 15) is 0 Å². The summed E-state index contributed by atoms with van der Waals surface area (Å²) in [4.78, 5) is 0. The van der Waals surface area contributed by atoms with Crippen LogP contribution < -0.4 is 24.8 Å². The third kappa shape index (κ3) is 10.8. The second-order valence-corrected chi connectivity index (χ2v) is 18.8. The number of rotatable bonds is 2.